The number of unbranched alkanes of at least 4 members (excludes halogenated alkanes) is 42. The smallest absolute Gasteiger partial charge is 0.306 e. The van der Waals surface area contributed by atoms with Gasteiger partial charge >= 0.3 is 17.9 Å². The third kappa shape index (κ3) is 58.5. The van der Waals surface area contributed by atoms with Gasteiger partial charge in [-0.2, -0.15) is 0 Å². The molecule has 0 aliphatic heterocycles. The monoisotopic (exact) mass is 1010 g/mol. The Bertz CT molecular complexity index is 1210. The molecular formula is C66H122O6. The van der Waals surface area contributed by atoms with Crippen LogP contribution >= 0.6 is 0 Å². The normalized spacial score (nSPS) is 12.2. The number of carbonyl (C=O) groups is 3. The summed E-state index contributed by atoms with van der Waals surface area (Å²) in [6.45, 7) is 6.65. The molecule has 0 aromatic rings. The Morgan fingerprint density at radius 2 is 0.500 bits per heavy atom. The van der Waals surface area contributed by atoms with Gasteiger partial charge in [-0.1, -0.05) is 288 Å². The van der Waals surface area contributed by atoms with Gasteiger partial charge in [0.15, 0.2) is 6.10 Å². The number of esters is 3. The first-order chi connectivity index (χ1) is 35.5. The van der Waals surface area contributed by atoms with E-state index in [-0.39, 0.29) is 31.1 Å². The zero-order chi connectivity index (χ0) is 52.2. The molecule has 0 aromatic heterocycles. The molecule has 0 spiro atoms. The van der Waals surface area contributed by atoms with Crippen molar-refractivity contribution in [3.8, 4) is 0 Å². The average molecular weight is 1010 g/mol. The number of carbonyl (C=O) groups excluding carboxylic acids is 3. The third-order valence-electron chi connectivity index (χ3n) is 14.4. The molecule has 0 N–H and O–H groups in total. The standard InChI is InChI=1S/C66H122O6/c1-4-7-10-13-16-19-22-25-28-30-31-32-33-34-35-36-37-39-41-44-47-50-53-56-59-65(68)71-62-63(61-70-64(67)58-55-52-49-46-43-40-27-24-21-18-15-12-9-6-3)72-66(69)60-57-54-51-48-45-42-38-29-26-23-20-17-14-11-8-5-2/h20,23-24,27,29,38,63H,4-19,21-22,25-26,28,30-37,39-62H2,1-3H3/b23-20-,27-24-,38-29-. The highest BCUT2D eigenvalue weighted by Crippen LogP contribution is 2.17. The zero-order valence-electron chi connectivity index (χ0n) is 48.5. The first kappa shape index (κ1) is 69.6. The Balaban J connectivity index is 4.27. The molecule has 0 aromatic carbocycles. The molecule has 1 atom stereocenters. The molecule has 0 radical (unpaired) electrons. The second-order valence-corrected chi connectivity index (χ2v) is 21.7. The molecule has 0 bridgehead atoms. The molecule has 0 saturated carbocycles. The van der Waals surface area contributed by atoms with Crippen molar-refractivity contribution in [1.29, 1.82) is 0 Å². The van der Waals surface area contributed by atoms with Crippen molar-refractivity contribution in [2.75, 3.05) is 13.2 Å². The number of rotatable bonds is 59. The lowest BCUT2D eigenvalue weighted by molar-refractivity contribution is -0.167. The topological polar surface area (TPSA) is 78.9 Å². The molecule has 0 amide bonds. The van der Waals surface area contributed by atoms with E-state index in [4.69, 9.17) is 14.2 Å². The second kappa shape index (κ2) is 61.2. The Morgan fingerprint density at radius 1 is 0.278 bits per heavy atom. The molecule has 0 rings (SSSR count). The molecule has 72 heavy (non-hydrogen) atoms. The molecule has 0 fully saturated rings. The van der Waals surface area contributed by atoms with Crippen molar-refractivity contribution >= 4 is 17.9 Å². The van der Waals surface area contributed by atoms with Gasteiger partial charge in [0.2, 0.25) is 0 Å². The van der Waals surface area contributed by atoms with Gasteiger partial charge in [0.1, 0.15) is 13.2 Å². The highest BCUT2D eigenvalue weighted by Gasteiger charge is 2.19. The van der Waals surface area contributed by atoms with Crippen LogP contribution in [0.5, 0.6) is 0 Å². The fourth-order valence-electron chi connectivity index (χ4n) is 9.53. The van der Waals surface area contributed by atoms with E-state index in [1.807, 2.05) is 0 Å². The molecule has 0 heterocycles. The number of hydrogen-bond acceptors (Lipinski definition) is 6. The summed E-state index contributed by atoms with van der Waals surface area (Å²) in [5.41, 5.74) is 0. The summed E-state index contributed by atoms with van der Waals surface area (Å²) in [6, 6.07) is 0. The van der Waals surface area contributed by atoms with Crippen molar-refractivity contribution in [3.05, 3.63) is 36.5 Å². The number of allylic oxidation sites excluding steroid dienone is 6. The maximum absolute atomic E-state index is 12.9. The maximum atomic E-state index is 12.9. The van der Waals surface area contributed by atoms with E-state index in [1.54, 1.807) is 0 Å². The van der Waals surface area contributed by atoms with Gasteiger partial charge in [0.25, 0.3) is 0 Å². The molecule has 0 aliphatic rings. The van der Waals surface area contributed by atoms with Gasteiger partial charge in [0.05, 0.1) is 0 Å². The van der Waals surface area contributed by atoms with Crippen LogP contribution < -0.4 is 0 Å². The minimum atomic E-state index is -0.781. The number of hydrogen-bond donors (Lipinski definition) is 0. The van der Waals surface area contributed by atoms with E-state index in [9.17, 15) is 14.4 Å². The van der Waals surface area contributed by atoms with Crippen LogP contribution in [0, 0.1) is 0 Å². The lowest BCUT2D eigenvalue weighted by Crippen LogP contribution is -2.30. The Labute approximate surface area is 448 Å². The number of ether oxygens (including phenoxy) is 3. The predicted molar refractivity (Wildman–Crippen MR) is 312 cm³/mol. The molecule has 0 saturated heterocycles. The fourth-order valence-corrected chi connectivity index (χ4v) is 9.53. The molecule has 6 nitrogen and oxygen atoms in total. The summed E-state index contributed by atoms with van der Waals surface area (Å²) in [7, 11) is 0. The first-order valence-corrected chi connectivity index (χ1v) is 32.0. The van der Waals surface area contributed by atoms with Crippen molar-refractivity contribution in [2.45, 2.75) is 354 Å². The predicted octanol–water partition coefficient (Wildman–Crippen LogP) is 21.6. The van der Waals surface area contributed by atoms with E-state index < -0.39 is 6.10 Å². The summed E-state index contributed by atoms with van der Waals surface area (Å²) in [6.07, 6.45) is 74.4. The van der Waals surface area contributed by atoms with Gasteiger partial charge in [-0.05, 0) is 77.0 Å². The van der Waals surface area contributed by atoms with Gasteiger partial charge in [-0.3, -0.25) is 14.4 Å². The van der Waals surface area contributed by atoms with Crippen molar-refractivity contribution in [3.63, 3.8) is 0 Å². The Hall–Kier alpha value is -2.37. The van der Waals surface area contributed by atoms with Crippen LogP contribution in [-0.2, 0) is 28.6 Å². The average Bonchev–Trinajstić information content (AvgIpc) is 3.38. The summed E-state index contributed by atoms with van der Waals surface area (Å²) < 4.78 is 16.9. The summed E-state index contributed by atoms with van der Waals surface area (Å²) in [5, 5.41) is 0. The minimum absolute atomic E-state index is 0.0766. The van der Waals surface area contributed by atoms with Crippen LogP contribution in [0.4, 0.5) is 0 Å². The molecule has 422 valence electrons. The van der Waals surface area contributed by atoms with Crippen LogP contribution in [0.25, 0.3) is 0 Å². The summed E-state index contributed by atoms with van der Waals surface area (Å²) in [5.74, 6) is -0.878. The first-order valence-electron chi connectivity index (χ1n) is 32.0. The van der Waals surface area contributed by atoms with Crippen LogP contribution in [-0.4, -0.2) is 37.2 Å². The van der Waals surface area contributed by atoms with Crippen LogP contribution in [0.15, 0.2) is 36.5 Å². The van der Waals surface area contributed by atoms with Crippen LogP contribution in [0.3, 0.4) is 0 Å². The third-order valence-corrected chi connectivity index (χ3v) is 14.4. The Kier molecular flexibility index (Phi) is 59.2. The fraction of sp³-hybridized carbons (Fsp3) is 0.864. The van der Waals surface area contributed by atoms with Crippen molar-refractivity contribution in [2.24, 2.45) is 0 Å². The zero-order valence-corrected chi connectivity index (χ0v) is 48.5. The minimum Gasteiger partial charge on any atom is -0.462 e. The molecule has 1 unspecified atom stereocenters. The lowest BCUT2D eigenvalue weighted by Gasteiger charge is -2.18. The van der Waals surface area contributed by atoms with Crippen molar-refractivity contribution in [1.82, 2.24) is 0 Å². The molecule has 0 aliphatic carbocycles. The maximum Gasteiger partial charge on any atom is 0.306 e. The van der Waals surface area contributed by atoms with Crippen molar-refractivity contribution < 1.29 is 28.6 Å². The van der Waals surface area contributed by atoms with E-state index in [0.717, 1.165) is 89.9 Å². The highest BCUT2D eigenvalue weighted by atomic mass is 16.6. The molecule has 6 heteroatoms. The van der Waals surface area contributed by atoms with Crippen LogP contribution in [0.2, 0.25) is 0 Å². The van der Waals surface area contributed by atoms with Gasteiger partial charge in [-0.15, -0.1) is 0 Å². The largest absolute Gasteiger partial charge is 0.462 e. The van der Waals surface area contributed by atoms with Gasteiger partial charge < -0.3 is 14.2 Å². The summed E-state index contributed by atoms with van der Waals surface area (Å²) in [4.78, 5) is 38.3. The van der Waals surface area contributed by atoms with E-state index >= 15 is 0 Å². The summed E-state index contributed by atoms with van der Waals surface area (Å²) >= 11 is 0. The highest BCUT2D eigenvalue weighted by molar-refractivity contribution is 5.71. The van der Waals surface area contributed by atoms with E-state index in [1.165, 1.54) is 218 Å². The van der Waals surface area contributed by atoms with E-state index in [2.05, 4.69) is 57.2 Å². The lowest BCUT2D eigenvalue weighted by atomic mass is 10.0. The Morgan fingerprint density at radius 3 is 0.792 bits per heavy atom. The quantitative estimate of drug-likeness (QED) is 0.0261. The molecular weight excluding hydrogens is 889 g/mol. The van der Waals surface area contributed by atoms with Crippen LogP contribution in [0.1, 0.15) is 348 Å². The van der Waals surface area contributed by atoms with E-state index in [0.29, 0.717) is 19.3 Å². The van der Waals surface area contributed by atoms with Gasteiger partial charge in [-0.25, -0.2) is 0 Å². The SMILES string of the molecule is CCCCCC/C=C\C/C=C\CCCCCCCC(=O)OC(COC(=O)CCCCCCC/C=C\CCCCCCC)COC(=O)CCCCCCCCCCCCCCCCCCCCCCCCCC. The second-order valence-electron chi connectivity index (χ2n) is 21.7. The van der Waals surface area contributed by atoms with Gasteiger partial charge in [0, 0.05) is 19.3 Å².